The molecule has 0 spiro atoms. The van der Waals surface area contributed by atoms with Crippen molar-refractivity contribution in [3.05, 3.63) is 101 Å². The van der Waals surface area contributed by atoms with Gasteiger partial charge in [-0.3, -0.25) is 4.79 Å². The molecule has 0 saturated heterocycles. The van der Waals surface area contributed by atoms with Crippen LogP contribution in [-0.2, 0) is 11.4 Å². The number of benzene rings is 3. The van der Waals surface area contributed by atoms with Gasteiger partial charge in [-0.25, -0.2) is 0 Å². The average molecular weight is 391 g/mol. The lowest BCUT2D eigenvalue weighted by molar-refractivity contribution is -0.137. The molecular weight excluding hydrogens is 360 g/mol. The summed E-state index contributed by atoms with van der Waals surface area (Å²) < 4.78 is 6.07. The normalized spacial score (nSPS) is 11.1. The molecule has 3 aromatic carbocycles. The molecule has 0 aliphatic carbocycles. The van der Waals surface area contributed by atoms with Crippen molar-refractivity contribution in [2.24, 2.45) is 0 Å². The van der Waals surface area contributed by atoms with E-state index in [1.54, 1.807) is 0 Å². The highest BCUT2D eigenvalue weighted by Crippen LogP contribution is 2.35. The summed E-state index contributed by atoms with van der Waals surface area (Å²) in [7, 11) is 0. The smallest absolute Gasteiger partial charge is 0.304 e. The number of carboxylic acids is 1. The van der Waals surface area contributed by atoms with Crippen molar-refractivity contribution in [1.29, 1.82) is 0 Å². The minimum atomic E-state index is -0.825. The first kappa shape index (κ1) is 22.2. The average Bonchev–Trinajstić information content (AvgIpc) is 2.73. The maximum atomic E-state index is 11.5. The maximum Gasteiger partial charge on any atom is 0.304 e. The largest absolute Gasteiger partial charge is 0.489 e. The van der Waals surface area contributed by atoms with Gasteiger partial charge in [-0.05, 0) is 24.1 Å². The van der Waals surface area contributed by atoms with Gasteiger partial charge in [0.05, 0.1) is 6.42 Å². The van der Waals surface area contributed by atoms with E-state index in [4.69, 9.17) is 4.74 Å². The lowest BCUT2D eigenvalue weighted by atomic mass is 9.87. The minimum Gasteiger partial charge on any atom is -0.489 e. The molecule has 3 aromatic rings. The fourth-order valence-electron chi connectivity index (χ4n) is 3.07. The monoisotopic (exact) mass is 390 g/mol. The van der Waals surface area contributed by atoms with E-state index in [1.165, 1.54) is 6.42 Å². The quantitative estimate of drug-likeness (QED) is 0.494. The van der Waals surface area contributed by atoms with Crippen LogP contribution in [0.4, 0.5) is 0 Å². The molecule has 152 valence electrons. The van der Waals surface area contributed by atoms with E-state index >= 15 is 0 Å². The predicted molar refractivity (Wildman–Crippen MR) is 118 cm³/mol. The molecule has 0 fully saturated rings. The van der Waals surface area contributed by atoms with Crippen LogP contribution in [0.1, 0.15) is 54.9 Å². The summed E-state index contributed by atoms with van der Waals surface area (Å²) in [5.74, 6) is -0.344. The number of aryl methyl sites for hydroxylation is 1. The van der Waals surface area contributed by atoms with Crippen LogP contribution >= 0.6 is 0 Å². The summed E-state index contributed by atoms with van der Waals surface area (Å²) >= 11 is 0. The molecule has 0 aliphatic heterocycles. The van der Waals surface area contributed by atoms with Crippen molar-refractivity contribution >= 4 is 5.97 Å². The van der Waals surface area contributed by atoms with Gasteiger partial charge in [0.1, 0.15) is 12.4 Å². The van der Waals surface area contributed by atoms with Gasteiger partial charge in [-0.15, -0.1) is 0 Å². The van der Waals surface area contributed by atoms with Crippen molar-refractivity contribution in [1.82, 2.24) is 0 Å². The molecule has 0 amide bonds. The molecule has 0 aromatic heterocycles. The Hall–Kier alpha value is -3.07. The Labute approximate surface area is 174 Å². The van der Waals surface area contributed by atoms with Crippen LogP contribution in [0.2, 0.25) is 0 Å². The van der Waals surface area contributed by atoms with E-state index in [0.29, 0.717) is 6.61 Å². The summed E-state index contributed by atoms with van der Waals surface area (Å²) in [5.41, 5.74) is 4.05. The Bertz CT molecular complexity index is 873. The van der Waals surface area contributed by atoms with Crippen molar-refractivity contribution in [2.75, 3.05) is 0 Å². The van der Waals surface area contributed by atoms with E-state index in [-0.39, 0.29) is 12.3 Å². The van der Waals surface area contributed by atoms with Crippen LogP contribution in [0.25, 0.3) is 0 Å². The van der Waals surface area contributed by atoms with Crippen molar-refractivity contribution in [3.63, 3.8) is 0 Å². The van der Waals surface area contributed by atoms with E-state index in [9.17, 15) is 9.90 Å². The van der Waals surface area contributed by atoms with Gasteiger partial charge in [0.25, 0.3) is 0 Å². The van der Waals surface area contributed by atoms with Crippen LogP contribution in [0.5, 0.6) is 5.75 Å². The van der Waals surface area contributed by atoms with Gasteiger partial charge >= 0.3 is 5.97 Å². The number of rotatable bonds is 7. The molecule has 0 aliphatic rings. The lowest BCUT2D eigenvalue weighted by Crippen LogP contribution is -2.10. The predicted octanol–water partition coefficient (Wildman–Crippen LogP) is 6.60. The second kappa shape index (κ2) is 11.7. The molecule has 0 unspecified atom stereocenters. The van der Waals surface area contributed by atoms with Crippen molar-refractivity contribution in [2.45, 2.75) is 46.1 Å². The SMILES string of the molecule is CCC.Cc1ccc(OCc2ccccc2)c([C@H](CC(=O)O)c2ccccc2)c1. The Kier molecular flexibility index (Phi) is 8.97. The summed E-state index contributed by atoms with van der Waals surface area (Å²) in [5, 5.41) is 9.43. The molecule has 0 saturated carbocycles. The minimum absolute atomic E-state index is 0.0230. The van der Waals surface area contributed by atoms with Gasteiger partial charge in [0, 0.05) is 11.5 Å². The third kappa shape index (κ3) is 7.11. The Morgan fingerprint density at radius 3 is 2.10 bits per heavy atom. The van der Waals surface area contributed by atoms with Crippen LogP contribution in [0, 0.1) is 6.92 Å². The van der Waals surface area contributed by atoms with Crippen LogP contribution < -0.4 is 4.74 Å². The van der Waals surface area contributed by atoms with E-state index < -0.39 is 5.97 Å². The summed E-state index contributed by atoms with van der Waals surface area (Å²) in [6.07, 6.45) is 1.27. The van der Waals surface area contributed by atoms with Gasteiger partial charge in [0.2, 0.25) is 0 Å². The summed E-state index contributed by atoms with van der Waals surface area (Å²) in [4.78, 5) is 11.5. The third-order valence-corrected chi connectivity index (χ3v) is 4.36. The van der Waals surface area contributed by atoms with E-state index in [0.717, 1.165) is 28.0 Å². The number of ether oxygens (including phenoxy) is 1. The van der Waals surface area contributed by atoms with Crippen LogP contribution in [-0.4, -0.2) is 11.1 Å². The second-order valence-corrected chi connectivity index (χ2v) is 7.08. The zero-order valence-electron chi connectivity index (χ0n) is 17.5. The van der Waals surface area contributed by atoms with E-state index in [1.807, 2.05) is 85.8 Å². The maximum absolute atomic E-state index is 11.5. The van der Waals surface area contributed by atoms with Crippen molar-refractivity contribution in [3.8, 4) is 5.75 Å². The number of carbonyl (C=O) groups is 1. The fourth-order valence-corrected chi connectivity index (χ4v) is 3.07. The molecule has 3 rings (SSSR count). The molecule has 1 N–H and O–H groups in total. The van der Waals surface area contributed by atoms with Crippen molar-refractivity contribution < 1.29 is 14.6 Å². The molecule has 0 heterocycles. The molecule has 0 radical (unpaired) electrons. The lowest BCUT2D eigenvalue weighted by Gasteiger charge is -2.20. The molecular formula is C26H30O3. The first-order chi connectivity index (χ1) is 14.0. The molecule has 3 heteroatoms. The van der Waals surface area contributed by atoms with Gasteiger partial charge in [-0.2, -0.15) is 0 Å². The molecule has 3 nitrogen and oxygen atoms in total. The van der Waals surface area contributed by atoms with Crippen LogP contribution in [0.3, 0.4) is 0 Å². The topological polar surface area (TPSA) is 46.5 Å². The number of carboxylic acid groups (broad SMARTS) is 1. The summed E-state index contributed by atoms with van der Waals surface area (Å²) in [6, 6.07) is 25.7. The number of aliphatic carboxylic acids is 1. The number of hydrogen-bond acceptors (Lipinski definition) is 2. The third-order valence-electron chi connectivity index (χ3n) is 4.36. The first-order valence-electron chi connectivity index (χ1n) is 10.1. The highest BCUT2D eigenvalue weighted by Gasteiger charge is 2.21. The first-order valence-corrected chi connectivity index (χ1v) is 10.1. The highest BCUT2D eigenvalue weighted by molar-refractivity contribution is 5.69. The fraction of sp³-hybridized carbons (Fsp3) is 0.269. The summed E-state index contributed by atoms with van der Waals surface area (Å²) in [6.45, 7) is 6.71. The van der Waals surface area contributed by atoms with Gasteiger partial charge < -0.3 is 9.84 Å². The van der Waals surface area contributed by atoms with Gasteiger partial charge in [0.15, 0.2) is 0 Å². The Balaban J connectivity index is 0.000000941. The molecule has 29 heavy (non-hydrogen) atoms. The van der Waals surface area contributed by atoms with Crippen LogP contribution in [0.15, 0.2) is 78.9 Å². The second-order valence-electron chi connectivity index (χ2n) is 7.08. The Morgan fingerprint density at radius 1 is 0.931 bits per heavy atom. The zero-order valence-corrected chi connectivity index (χ0v) is 17.5. The molecule has 1 atom stereocenters. The number of hydrogen-bond donors (Lipinski definition) is 1. The van der Waals surface area contributed by atoms with Gasteiger partial charge in [-0.1, -0.05) is 98.6 Å². The Morgan fingerprint density at radius 2 is 1.52 bits per heavy atom. The van der Waals surface area contributed by atoms with E-state index in [2.05, 4.69) is 13.8 Å². The standard InChI is InChI=1S/C23H22O3.C3H8/c1-17-12-13-22(26-16-18-8-4-2-5-9-18)21(14-17)20(15-23(24)25)19-10-6-3-7-11-19;1-3-2/h2-14,20H,15-16H2,1H3,(H,24,25);3H2,1-2H3/t20-;/m1./s1. The highest BCUT2D eigenvalue weighted by atomic mass is 16.5. The zero-order chi connectivity index (χ0) is 21.1. The molecule has 0 bridgehead atoms.